The molecule has 1 saturated carbocycles. The van der Waals surface area contributed by atoms with Crippen molar-refractivity contribution in [3.63, 3.8) is 0 Å². The minimum atomic E-state index is 0.689. The van der Waals surface area contributed by atoms with Gasteiger partial charge in [-0.25, -0.2) is 4.98 Å². The molecule has 0 unspecified atom stereocenters. The summed E-state index contributed by atoms with van der Waals surface area (Å²) in [5.41, 5.74) is 5.61. The fraction of sp³-hybridized carbons (Fsp3) is 0.375. The van der Waals surface area contributed by atoms with Crippen LogP contribution in [0.25, 0.3) is 11.3 Å². The topological polar surface area (TPSA) is 28.7 Å². The summed E-state index contributed by atoms with van der Waals surface area (Å²) in [5.74, 6) is 0.689. The average molecular weight is 270 g/mol. The third-order valence-corrected chi connectivity index (χ3v) is 4.39. The Balaban J connectivity index is 2.17. The predicted molar refractivity (Wildman–Crippen MR) is 80.9 cm³/mol. The van der Waals surface area contributed by atoms with Crippen LogP contribution in [0.1, 0.15) is 42.1 Å². The van der Waals surface area contributed by atoms with Gasteiger partial charge in [-0.2, -0.15) is 0 Å². The molecule has 0 spiro atoms. The normalized spacial score (nSPS) is 15.3. The van der Waals surface area contributed by atoms with Crippen LogP contribution in [0.5, 0.6) is 0 Å². The molecular weight excluding hydrogens is 252 g/mol. The van der Waals surface area contributed by atoms with Gasteiger partial charge in [-0.1, -0.05) is 42.9 Å². The molecule has 1 aliphatic rings. The molecule has 19 heavy (non-hydrogen) atoms. The van der Waals surface area contributed by atoms with Crippen molar-refractivity contribution >= 4 is 12.2 Å². The molecule has 1 fully saturated rings. The molecule has 3 heteroatoms. The highest BCUT2D eigenvalue weighted by molar-refractivity contribution is 7.71. The number of benzene rings is 1. The number of hydrogen-bond donors (Lipinski definition) is 1. The maximum atomic E-state index is 5.46. The van der Waals surface area contributed by atoms with Gasteiger partial charge in [0.1, 0.15) is 10.3 Å². The Morgan fingerprint density at radius 2 is 1.95 bits per heavy atom. The second kappa shape index (κ2) is 4.89. The lowest BCUT2D eigenvalue weighted by molar-refractivity contribution is 0.420. The Kier molecular flexibility index (Phi) is 3.23. The quantitative estimate of drug-likeness (QED) is 0.802. The van der Waals surface area contributed by atoms with Crippen LogP contribution in [0.2, 0.25) is 0 Å². The third-order valence-electron chi connectivity index (χ3n) is 4.10. The summed E-state index contributed by atoms with van der Waals surface area (Å²) in [6, 6.07) is 8.56. The molecule has 0 amide bonds. The molecule has 1 heterocycles. The molecule has 98 valence electrons. The number of nitrogens with zero attached hydrogens (tertiary/aromatic N) is 1. The first-order chi connectivity index (χ1) is 9.16. The van der Waals surface area contributed by atoms with E-state index >= 15 is 0 Å². The largest absolute Gasteiger partial charge is 0.347 e. The van der Waals surface area contributed by atoms with E-state index in [0.29, 0.717) is 5.92 Å². The van der Waals surface area contributed by atoms with E-state index in [4.69, 9.17) is 17.2 Å². The summed E-state index contributed by atoms with van der Waals surface area (Å²) in [6.45, 7) is 4.04. The maximum Gasteiger partial charge on any atom is 0.130 e. The summed E-state index contributed by atoms with van der Waals surface area (Å²) in [5, 5.41) is 0. The van der Waals surface area contributed by atoms with Crippen molar-refractivity contribution in [1.29, 1.82) is 0 Å². The Morgan fingerprint density at radius 1 is 1.21 bits per heavy atom. The molecule has 1 N–H and O–H groups in total. The average Bonchev–Trinajstić information content (AvgIpc) is 2.33. The van der Waals surface area contributed by atoms with Gasteiger partial charge in [0.2, 0.25) is 0 Å². The van der Waals surface area contributed by atoms with Crippen LogP contribution in [0.15, 0.2) is 24.3 Å². The first-order valence-corrected chi connectivity index (χ1v) is 7.24. The van der Waals surface area contributed by atoms with E-state index in [1.54, 1.807) is 0 Å². The highest BCUT2D eigenvalue weighted by Gasteiger charge is 2.23. The Bertz CT molecular complexity index is 669. The van der Waals surface area contributed by atoms with Crippen molar-refractivity contribution in [2.24, 2.45) is 0 Å². The third kappa shape index (κ3) is 2.23. The van der Waals surface area contributed by atoms with Crippen molar-refractivity contribution in [3.05, 3.63) is 45.9 Å². The van der Waals surface area contributed by atoms with Gasteiger partial charge in [0.15, 0.2) is 0 Å². The highest BCUT2D eigenvalue weighted by Crippen LogP contribution is 2.40. The molecule has 3 rings (SSSR count). The van der Waals surface area contributed by atoms with Crippen LogP contribution < -0.4 is 0 Å². The number of nitrogens with one attached hydrogen (secondary N) is 1. The zero-order chi connectivity index (χ0) is 13.4. The Morgan fingerprint density at radius 3 is 2.63 bits per heavy atom. The van der Waals surface area contributed by atoms with Gasteiger partial charge in [-0.15, -0.1) is 0 Å². The van der Waals surface area contributed by atoms with Gasteiger partial charge in [-0.05, 0) is 38.2 Å². The summed E-state index contributed by atoms with van der Waals surface area (Å²) >= 11 is 5.46. The molecule has 1 aromatic carbocycles. The van der Waals surface area contributed by atoms with Crippen LogP contribution in [-0.2, 0) is 0 Å². The molecule has 0 atom stereocenters. The number of rotatable bonds is 2. The Hall–Kier alpha value is -1.48. The van der Waals surface area contributed by atoms with E-state index in [0.717, 1.165) is 21.7 Å². The van der Waals surface area contributed by atoms with Crippen molar-refractivity contribution in [2.45, 2.75) is 39.0 Å². The second-order valence-corrected chi connectivity index (χ2v) is 5.75. The van der Waals surface area contributed by atoms with Gasteiger partial charge in [0.05, 0.1) is 5.69 Å². The van der Waals surface area contributed by atoms with E-state index in [9.17, 15) is 0 Å². The van der Waals surface area contributed by atoms with E-state index in [2.05, 4.69) is 29.2 Å². The van der Waals surface area contributed by atoms with Gasteiger partial charge >= 0.3 is 0 Å². The molecule has 0 radical (unpaired) electrons. The SMILES string of the molecule is Cc1nc(-c2ccccc2C2CCC2)c(=S)[nH]c1C. The van der Waals surface area contributed by atoms with Crippen molar-refractivity contribution in [3.8, 4) is 11.3 Å². The Labute approximate surface area is 118 Å². The number of hydrogen-bond acceptors (Lipinski definition) is 2. The van der Waals surface area contributed by atoms with Crippen LogP contribution >= 0.6 is 12.2 Å². The molecule has 2 aromatic rings. The van der Waals surface area contributed by atoms with E-state index in [1.165, 1.54) is 30.4 Å². The van der Waals surface area contributed by atoms with Crippen LogP contribution in [-0.4, -0.2) is 9.97 Å². The smallest absolute Gasteiger partial charge is 0.130 e. The standard InChI is InChI=1S/C16H18N2S/c1-10-11(2)18-16(19)15(17-10)14-9-4-3-8-13(14)12-6-5-7-12/h3-4,8-9,12H,5-7H2,1-2H3,(H,18,19). The predicted octanol–water partition coefficient (Wildman–Crippen LogP) is 4.69. The molecule has 0 bridgehead atoms. The first-order valence-electron chi connectivity index (χ1n) is 6.83. The fourth-order valence-electron chi connectivity index (χ4n) is 2.59. The van der Waals surface area contributed by atoms with Gasteiger partial charge in [0.25, 0.3) is 0 Å². The lowest BCUT2D eigenvalue weighted by atomic mass is 9.78. The number of aromatic nitrogens is 2. The lowest BCUT2D eigenvalue weighted by Crippen LogP contribution is -2.10. The lowest BCUT2D eigenvalue weighted by Gasteiger charge is -2.27. The zero-order valence-electron chi connectivity index (χ0n) is 11.4. The molecule has 2 nitrogen and oxygen atoms in total. The summed E-state index contributed by atoms with van der Waals surface area (Å²) in [7, 11) is 0. The monoisotopic (exact) mass is 270 g/mol. The minimum Gasteiger partial charge on any atom is -0.347 e. The molecule has 0 aliphatic heterocycles. The number of aryl methyl sites for hydroxylation is 2. The molecular formula is C16H18N2S. The minimum absolute atomic E-state index is 0.689. The van der Waals surface area contributed by atoms with Crippen LogP contribution in [0.3, 0.4) is 0 Å². The summed E-state index contributed by atoms with van der Waals surface area (Å²) in [4.78, 5) is 7.97. The highest BCUT2D eigenvalue weighted by atomic mass is 32.1. The van der Waals surface area contributed by atoms with Crippen LogP contribution in [0.4, 0.5) is 0 Å². The maximum absolute atomic E-state index is 5.46. The number of H-pyrrole nitrogens is 1. The zero-order valence-corrected chi connectivity index (χ0v) is 12.2. The van der Waals surface area contributed by atoms with Crippen molar-refractivity contribution in [2.75, 3.05) is 0 Å². The molecule has 1 aromatic heterocycles. The molecule has 0 saturated heterocycles. The summed E-state index contributed by atoms with van der Waals surface area (Å²) < 4.78 is 0.745. The van der Waals surface area contributed by atoms with Crippen LogP contribution in [0, 0.1) is 18.5 Å². The fourth-order valence-corrected chi connectivity index (χ4v) is 2.90. The second-order valence-electron chi connectivity index (χ2n) is 5.34. The van der Waals surface area contributed by atoms with Gasteiger partial charge < -0.3 is 4.98 Å². The van der Waals surface area contributed by atoms with Gasteiger partial charge in [-0.3, -0.25) is 0 Å². The summed E-state index contributed by atoms with van der Waals surface area (Å²) in [6.07, 6.45) is 3.92. The van der Waals surface area contributed by atoms with Crippen molar-refractivity contribution < 1.29 is 0 Å². The van der Waals surface area contributed by atoms with E-state index < -0.39 is 0 Å². The first kappa shape index (κ1) is 12.5. The molecule has 1 aliphatic carbocycles. The van der Waals surface area contributed by atoms with Crippen molar-refractivity contribution in [1.82, 2.24) is 9.97 Å². The number of aromatic amines is 1. The van der Waals surface area contributed by atoms with E-state index in [-0.39, 0.29) is 0 Å². The van der Waals surface area contributed by atoms with Gasteiger partial charge in [0, 0.05) is 11.3 Å². The van der Waals surface area contributed by atoms with E-state index in [1.807, 2.05) is 13.8 Å².